The summed E-state index contributed by atoms with van der Waals surface area (Å²) in [5, 5.41) is 3.33. The summed E-state index contributed by atoms with van der Waals surface area (Å²) in [5.41, 5.74) is 2.31. The molecule has 2 aromatic carbocycles. The molecule has 3 rings (SSSR count). The van der Waals surface area contributed by atoms with Crippen LogP contribution in [0.5, 0.6) is 0 Å². The number of para-hydroxylation sites is 2. The van der Waals surface area contributed by atoms with Crippen molar-refractivity contribution in [2.24, 2.45) is 0 Å². The van der Waals surface area contributed by atoms with E-state index in [1.807, 2.05) is 36.4 Å². The van der Waals surface area contributed by atoms with Gasteiger partial charge in [0.15, 0.2) is 5.82 Å². The van der Waals surface area contributed by atoms with Crippen molar-refractivity contribution < 1.29 is 4.39 Å². The highest BCUT2D eigenvalue weighted by Gasteiger charge is 2.15. The molecule has 21 heavy (non-hydrogen) atoms. The Hall–Kier alpha value is -2.36. The Kier molecular flexibility index (Phi) is 3.60. The molecule has 0 spiro atoms. The van der Waals surface area contributed by atoms with E-state index in [0.29, 0.717) is 12.1 Å². The third-order valence-corrected chi connectivity index (χ3v) is 3.48. The molecule has 3 nitrogen and oxygen atoms in total. The molecule has 0 fully saturated rings. The lowest BCUT2D eigenvalue weighted by molar-refractivity contribution is 0.589. The van der Waals surface area contributed by atoms with Gasteiger partial charge in [0.25, 0.3) is 0 Å². The normalized spacial score (nSPS) is 11.2. The highest BCUT2D eigenvalue weighted by atomic mass is 19.1. The van der Waals surface area contributed by atoms with Gasteiger partial charge < -0.3 is 9.88 Å². The first-order valence-corrected chi connectivity index (χ1v) is 7.11. The van der Waals surface area contributed by atoms with Gasteiger partial charge in [-0.2, -0.15) is 0 Å². The van der Waals surface area contributed by atoms with Crippen LogP contribution >= 0.6 is 0 Å². The molecule has 0 amide bonds. The fourth-order valence-corrected chi connectivity index (χ4v) is 2.57. The first-order chi connectivity index (χ1) is 10.2. The van der Waals surface area contributed by atoms with Crippen molar-refractivity contribution in [2.45, 2.75) is 26.4 Å². The Morgan fingerprint density at radius 2 is 1.86 bits per heavy atom. The molecule has 1 heterocycles. The van der Waals surface area contributed by atoms with Gasteiger partial charge in [0.1, 0.15) is 11.3 Å². The zero-order valence-electron chi connectivity index (χ0n) is 12.2. The SMILES string of the molecule is CC(C)n1c(CNc2ccccc2)nc2c(F)cccc21. The summed E-state index contributed by atoms with van der Waals surface area (Å²) in [6.45, 7) is 4.73. The van der Waals surface area contributed by atoms with Crippen LogP contribution in [-0.4, -0.2) is 9.55 Å². The van der Waals surface area contributed by atoms with Crippen LogP contribution in [0.1, 0.15) is 25.7 Å². The summed E-state index contributed by atoms with van der Waals surface area (Å²) in [6.07, 6.45) is 0. The number of hydrogen-bond acceptors (Lipinski definition) is 2. The molecule has 3 aromatic rings. The maximum atomic E-state index is 13.9. The molecule has 0 bridgehead atoms. The maximum Gasteiger partial charge on any atom is 0.151 e. The van der Waals surface area contributed by atoms with Gasteiger partial charge in [0, 0.05) is 11.7 Å². The average molecular weight is 283 g/mol. The van der Waals surface area contributed by atoms with Crippen molar-refractivity contribution in [1.82, 2.24) is 9.55 Å². The fraction of sp³-hybridized carbons (Fsp3) is 0.235. The third-order valence-electron chi connectivity index (χ3n) is 3.48. The predicted molar refractivity (Wildman–Crippen MR) is 83.8 cm³/mol. The largest absolute Gasteiger partial charge is 0.378 e. The lowest BCUT2D eigenvalue weighted by Crippen LogP contribution is -2.10. The number of hydrogen-bond donors (Lipinski definition) is 1. The van der Waals surface area contributed by atoms with Crippen molar-refractivity contribution in [3.63, 3.8) is 0 Å². The molecule has 0 aliphatic carbocycles. The van der Waals surface area contributed by atoms with Crippen molar-refractivity contribution in [1.29, 1.82) is 0 Å². The molecule has 4 heteroatoms. The van der Waals surface area contributed by atoms with Gasteiger partial charge in [-0.05, 0) is 38.1 Å². The van der Waals surface area contributed by atoms with Gasteiger partial charge in [-0.15, -0.1) is 0 Å². The van der Waals surface area contributed by atoms with Crippen LogP contribution in [0.25, 0.3) is 11.0 Å². The van der Waals surface area contributed by atoms with Gasteiger partial charge in [-0.1, -0.05) is 24.3 Å². The minimum Gasteiger partial charge on any atom is -0.378 e. The Balaban J connectivity index is 1.98. The highest BCUT2D eigenvalue weighted by Crippen LogP contribution is 2.23. The Morgan fingerprint density at radius 3 is 2.57 bits per heavy atom. The van der Waals surface area contributed by atoms with E-state index in [4.69, 9.17) is 0 Å². The number of benzene rings is 2. The quantitative estimate of drug-likeness (QED) is 0.770. The van der Waals surface area contributed by atoms with Gasteiger partial charge in [0.2, 0.25) is 0 Å². The van der Waals surface area contributed by atoms with E-state index in [2.05, 4.69) is 28.7 Å². The van der Waals surface area contributed by atoms with Crippen LogP contribution in [0, 0.1) is 5.82 Å². The molecule has 0 aliphatic heterocycles. The smallest absolute Gasteiger partial charge is 0.151 e. The first kappa shape index (κ1) is 13.6. The van der Waals surface area contributed by atoms with E-state index in [1.54, 1.807) is 6.07 Å². The van der Waals surface area contributed by atoms with E-state index < -0.39 is 0 Å². The molecule has 108 valence electrons. The van der Waals surface area contributed by atoms with Crippen molar-refractivity contribution in [2.75, 3.05) is 5.32 Å². The molecular formula is C17H18FN3. The number of halogens is 1. The summed E-state index contributed by atoms with van der Waals surface area (Å²) in [5.74, 6) is 0.571. The van der Waals surface area contributed by atoms with Crippen LogP contribution in [0.3, 0.4) is 0 Å². The number of nitrogens with one attached hydrogen (secondary N) is 1. The molecule has 1 N–H and O–H groups in total. The van der Waals surface area contributed by atoms with Crippen LogP contribution < -0.4 is 5.32 Å². The van der Waals surface area contributed by atoms with Gasteiger partial charge >= 0.3 is 0 Å². The van der Waals surface area contributed by atoms with Gasteiger partial charge in [-0.25, -0.2) is 9.37 Å². The molecule has 0 aliphatic rings. The third kappa shape index (κ3) is 2.61. The molecule has 1 aromatic heterocycles. The van der Waals surface area contributed by atoms with Crippen LogP contribution in [0.15, 0.2) is 48.5 Å². The second kappa shape index (κ2) is 5.56. The fourth-order valence-electron chi connectivity index (χ4n) is 2.57. The number of anilines is 1. The Bertz CT molecular complexity index is 747. The van der Waals surface area contributed by atoms with Crippen molar-refractivity contribution in [3.8, 4) is 0 Å². The molecule has 0 radical (unpaired) electrons. The first-order valence-electron chi connectivity index (χ1n) is 7.11. The summed E-state index contributed by atoms with van der Waals surface area (Å²) < 4.78 is 16.0. The predicted octanol–water partition coefficient (Wildman–Crippen LogP) is 4.37. The van der Waals surface area contributed by atoms with Crippen molar-refractivity contribution >= 4 is 16.7 Å². The molecule has 0 unspecified atom stereocenters. The molecule has 0 atom stereocenters. The number of rotatable bonds is 4. The minimum atomic E-state index is -0.270. The molecule has 0 saturated carbocycles. The number of fused-ring (bicyclic) bond motifs is 1. The van der Waals surface area contributed by atoms with Crippen LogP contribution in [-0.2, 0) is 6.54 Å². The average Bonchev–Trinajstić information content (AvgIpc) is 2.86. The van der Waals surface area contributed by atoms with E-state index in [-0.39, 0.29) is 11.9 Å². The van der Waals surface area contributed by atoms with E-state index in [1.165, 1.54) is 6.07 Å². The van der Waals surface area contributed by atoms with E-state index in [9.17, 15) is 4.39 Å². The lowest BCUT2D eigenvalue weighted by atomic mass is 10.3. The Labute approximate surface area is 123 Å². The Morgan fingerprint density at radius 1 is 1.10 bits per heavy atom. The number of aromatic nitrogens is 2. The van der Waals surface area contributed by atoms with E-state index in [0.717, 1.165) is 17.0 Å². The molecule has 0 saturated heterocycles. The summed E-state index contributed by atoms with van der Waals surface area (Å²) in [4.78, 5) is 4.47. The maximum absolute atomic E-state index is 13.9. The highest BCUT2D eigenvalue weighted by molar-refractivity contribution is 5.77. The summed E-state index contributed by atoms with van der Waals surface area (Å²) in [7, 11) is 0. The monoisotopic (exact) mass is 283 g/mol. The number of imidazole rings is 1. The van der Waals surface area contributed by atoms with Crippen molar-refractivity contribution in [3.05, 3.63) is 60.2 Å². The second-order valence-electron chi connectivity index (χ2n) is 5.32. The topological polar surface area (TPSA) is 29.9 Å². The summed E-state index contributed by atoms with van der Waals surface area (Å²) >= 11 is 0. The zero-order valence-corrected chi connectivity index (χ0v) is 12.2. The lowest BCUT2D eigenvalue weighted by Gasteiger charge is -2.14. The zero-order chi connectivity index (χ0) is 14.8. The summed E-state index contributed by atoms with van der Waals surface area (Å²) in [6, 6.07) is 15.3. The van der Waals surface area contributed by atoms with E-state index >= 15 is 0 Å². The van der Waals surface area contributed by atoms with Crippen LogP contribution in [0.2, 0.25) is 0 Å². The molecular weight excluding hydrogens is 265 g/mol. The number of nitrogens with zero attached hydrogens (tertiary/aromatic N) is 2. The standard InChI is InChI=1S/C17H18FN3/c1-12(2)21-15-10-6-9-14(18)17(15)20-16(21)11-19-13-7-4-3-5-8-13/h3-10,12,19H,11H2,1-2H3. The minimum absolute atomic E-state index is 0.226. The van der Waals surface area contributed by atoms with Gasteiger partial charge in [-0.3, -0.25) is 0 Å². The second-order valence-corrected chi connectivity index (χ2v) is 5.32. The van der Waals surface area contributed by atoms with Crippen LogP contribution in [0.4, 0.5) is 10.1 Å². The van der Waals surface area contributed by atoms with Gasteiger partial charge in [0.05, 0.1) is 12.1 Å².